The smallest absolute Gasteiger partial charge is 0.328 e. The summed E-state index contributed by atoms with van der Waals surface area (Å²) in [6.07, 6.45) is 2.26. The van der Waals surface area contributed by atoms with Crippen molar-refractivity contribution in [2.24, 2.45) is 5.41 Å². The molecule has 11 heteroatoms. The molecule has 2 aromatic rings. The largest absolute Gasteiger partial charge is 0.372 e. The van der Waals surface area contributed by atoms with Crippen LogP contribution in [0.5, 0.6) is 0 Å². The third-order valence-corrected chi connectivity index (χ3v) is 7.60. The summed E-state index contributed by atoms with van der Waals surface area (Å²) >= 11 is 0. The van der Waals surface area contributed by atoms with Crippen molar-refractivity contribution in [1.82, 2.24) is 15.8 Å². The molecule has 3 saturated heterocycles. The molecule has 4 aliphatic heterocycles. The minimum atomic E-state index is -1.65. The van der Waals surface area contributed by atoms with Gasteiger partial charge < -0.3 is 19.1 Å². The zero-order valence-electron chi connectivity index (χ0n) is 19.0. The number of carbonyl (C=O) groups excluding carboxylic acids is 3. The molecular formula is C23H26FN5O5. The first-order chi connectivity index (χ1) is 16.3. The number of carbonyl (C=O) groups is 3. The van der Waals surface area contributed by atoms with Crippen LogP contribution in [-0.2, 0) is 20.7 Å². The summed E-state index contributed by atoms with van der Waals surface area (Å²) < 4.78 is 27.6. The Morgan fingerprint density at radius 1 is 1.12 bits per heavy atom. The fraction of sp³-hybridized carbons (Fsp3) is 0.565. The molecule has 4 aliphatic rings. The second-order valence-corrected chi connectivity index (χ2v) is 9.76. The number of hydrogen-bond acceptors (Lipinski definition) is 8. The van der Waals surface area contributed by atoms with Gasteiger partial charge in [-0.3, -0.25) is 20.2 Å². The number of barbiturate groups is 1. The number of piperidine rings is 1. The van der Waals surface area contributed by atoms with Crippen LogP contribution >= 0.6 is 0 Å². The number of halogens is 1. The topological polar surface area (TPSA) is 117 Å². The number of fused-ring (bicyclic) bond motifs is 5. The summed E-state index contributed by atoms with van der Waals surface area (Å²) in [7, 11) is 0. The third-order valence-electron chi connectivity index (χ3n) is 7.60. The third kappa shape index (κ3) is 2.82. The van der Waals surface area contributed by atoms with Crippen LogP contribution in [0.1, 0.15) is 38.7 Å². The Morgan fingerprint density at radius 3 is 2.53 bits per heavy atom. The minimum Gasteiger partial charge on any atom is -0.372 e. The highest BCUT2D eigenvalue weighted by atomic mass is 19.1. The van der Waals surface area contributed by atoms with E-state index in [-0.39, 0.29) is 24.7 Å². The summed E-state index contributed by atoms with van der Waals surface area (Å²) in [5.74, 6) is -1.39. The molecule has 0 radical (unpaired) electrons. The number of rotatable bonds is 1. The van der Waals surface area contributed by atoms with Crippen LogP contribution < -0.4 is 20.4 Å². The highest BCUT2D eigenvalue weighted by molar-refractivity contribution is 6.20. The van der Waals surface area contributed by atoms with Gasteiger partial charge in [-0.1, -0.05) is 5.16 Å². The molecule has 6 rings (SSSR count). The van der Waals surface area contributed by atoms with Crippen molar-refractivity contribution >= 4 is 40.3 Å². The molecule has 0 saturated carbocycles. The molecule has 1 aromatic heterocycles. The Balaban J connectivity index is 1.56. The standard InChI is InChI=1S/C23H26FN5O5/c1-11-10-29-16-13(8-14-17(15(16)24)34-27-19(14)28-6-4-3-5-7-28)9-23(18(29)12(2)33-11)20(30)25-22(32)26-21(23)31/h8,11-12,18H,3-7,9-10H2,1-2H3,(H2,25,26,30,31,32). The summed E-state index contributed by atoms with van der Waals surface area (Å²) in [6.45, 7) is 5.50. The van der Waals surface area contributed by atoms with Gasteiger partial charge in [0.1, 0.15) is 0 Å². The van der Waals surface area contributed by atoms with Crippen molar-refractivity contribution in [2.45, 2.75) is 57.8 Å². The van der Waals surface area contributed by atoms with E-state index in [0.717, 1.165) is 32.4 Å². The molecule has 10 nitrogen and oxygen atoms in total. The Bertz CT molecular complexity index is 1200. The number of hydrogen-bond donors (Lipinski definition) is 2. The maximum absolute atomic E-state index is 16.1. The van der Waals surface area contributed by atoms with Gasteiger partial charge in [-0.15, -0.1) is 0 Å². The number of aromatic nitrogens is 1. The van der Waals surface area contributed by atoms with Gasteiger partial charge in [-0.25, -0.2) is 9.18 Å². The predicted molar refractivity (Wildman–Crippen MR) is 119 cm³/mol. The maximum atomic E-state index is 16.1. The van der Waals surface area contributed by atoms with Crippen LogP contribution in [0.15, 0.2) is 10.6 Å². The summed E-state index contributed by atoms with van der Waals surface area (Å²) in [4.78, 5) is 42.3. The zero-order chi connectivity index (χ0) is 23.8. The molecule has 3 fully saturated rings. The average molecular weight is 471 g/mol. The van der Waals surface area contributed by atoms with Gasteiger partial charge in [-0.05, 0) is 44.7 Å². The van der Waals surface area contributed by atoms with Crippen molar-refractivity contribution in [3.8, 4) is 0 Å². The van der Waals surface area contributed by atoms with E-state index in [9.17, 15) is 14.4 Å². The first-order valence-electron chi connectivity index (χ1n) is 11.8. The van der Waals surface area contributed by atoms with E-state index in [1.165, 1.54) is 0 Å². The lowest BCUT2D eigenvalue weighted by Crippen LogP contribution is -2.75. The Hall–Kier alpha value is -3.21. The number of amides is 4. The van der Waals surface area contributed by atoms with Crippen molar-refractivity contribution in [3.05, 3.63) is 17.4 Å². The van der Waals surface area contributed by atoms with E-state index < -0.39 is 41.2 Å². The molecule has 3 atom stereocenters. The molecular weight excluding hydrogens is 445 g/mol. The van der Waals surface area contributed by atoms with Crippen molar-refractivity contribution in [1.29, 1.82) is 0 Å². The normalized spacial score (nSPS) is 28.6. The lowest BCUT2D eigenvalue weighted by atomic mass is 9.66. The van der Waals surface area contributed by atoms with Gasteiger partial charge in [0.2, 0.25) is 17.4 Å². The first kappa shape index (κ1) is 21.3. The van der Waals surface area contributed by atoms with E-state index in [2.05, 4.69) is 20.7 Å². The Kier molecular flexibility index (Phi) is 4.64. The average Bonchev–Trinajstić information content (AvgIpc) is 3.21. The van der Waals surface area contributed by atoms with Crippen molar-refractivity contribution < 1.29 is 28.0 Å². The second kappa shape index (κ2) is 7.39. The molecule has 1 aromatic carbocycles. The van der Waals surface area contributed by atoms with Crippen LogP contribution in [0, 0.1) is 11.2 Å². The van der Waals surface area contributed by atoms with Gasteiger partial charge in [0.15, 0.2) is 17.1 Å². The molecule has 3 unspecified atom stereocenters. The van der Waals surface area contributed by atoms with Crippen LogP contribution in [0.25, 0.3) is 11.0 Å². The van der Waals surface area contributed by atoms with Crippen LogP contribution in [0.3, 0.4) is 0 Å². The van der Waals surface area contributed by atoms with Gasteiger partial charge in [0.05, 0.1) is 29.3 Å². The van der Waals surface area contributed by atoms with E-state index in [1.807, 2.05) is 6.92 Å². The number of anilines is 2. The zero-order valence-corrected chi connectivity index (χ0v) is 19.0. The number of ether oxygens (including phenoxy) is 1. The van der Waals surface area contributed by atoms with Gasteiger partial charge in [-0.2, -0.15) is 0 Å². The van der Waals surface area contributed by atoms with Crippen molar-refractivity contribution in [3.63, 3.8) is 0 Å². The van der Waals surface area contributed by atoms with Gasteiger partial charge >= 0.3 is 6.03 Å². The summed E-state index contributed by atoms with van der Waals surface area (Å²) in [5, 5.41) is 9.22. The minimum absolute atomic E-state index is 0.0635. The number of imide groups is 2. The van der Waals surface area contributed by atoms with E-state index in [0.29, 0.717) is 22.5 Å². The van der Waals surface area contributed by atoms with Crippen LogP contribution in [-0.4, -0.2) is 60.9 Å². The molecule has 180 valence electrons. The molecule has 0 bridgehead atoms. The number of morpholine rings is 1. The number of benzene rings is 1. The fourth-order valence-electron chi connectivity index (χ4n) is 6.27. The quantitative estimate of drug-likeness (QED) is 0.606. The Labute approximate surface area is 194 Å². The predicted octanol–water partition coefficient (Wildman–Crippen LogP) is 1.85. The molecule has 0 aliphatic carbocycles. The fourth-order valence-corrected chi connectivity index (χ4v) is 6.27. The summed E-state index contributed by atoms with van der Waals surface area (Å²) in [5.41, 5.74) is -0.788. The van der Waals surface area contributed by atoms with Crippen molar-refractivity contribution in [2.75, 3.05) is 29.4 Å². The number of nitrogens with zero attached hydrogens (tertiary/aromatic N) is 3. The molecule has 2 N–H and O–H groups in total. The van der Waals surface area contributed by atoms with E-state index >= 15 is 4.39 Å². The van der Waals surface area contributed by atoms with Gasteiger partial charge in [0.25, 0.3) is 0 Å². The van der Waals surface area contributed by atoms with E-state index in [1.54, 1.807) is 17.9 Å². The number of nitrogens with one attached hydrogen (secondary N) is 2. The summed E-state index contributed by atoms with van der Waals surface area (Å²) in [6, 6.07) is 0.123. The highest BCUT2D eigenvalue weighted by Gasteiger charge is 2.63. The second-order valence-electron chi connectivity index (χ2n) is 9.76. The lowest BCUT2D eigenvalue weighted by molar-refractivity contribution is -0.153. The maximum Gasteiger partial charge on any atom is 0.328 e. The molecule has 1 spiro atoms. The first-order valence-corrected chi connectivity index (χ1v) is 11.8. The highest BCUT2D eigenvalue weighted by Crippen LogP contribution is 2.49. The monoisotopic (exact) mass is 471 g/mol. The van der Waals surface area contributed by atoms with E-state index in [4.69, 9.17) is 9.26 Å². The Morgan fingerprint density at radius 2 is 1.82 bits per heavy atom. The number of urea groups is 1. The molecule has 5 heterocycles. The van der Waals surface area contributed by atoms with Gasteiger partial charge in [0, 0.05) is 26.1 Å². The van der Waals surface area contributed by atoms with Crippen LogP contribution in [0.2, 0.25) is 0 Å². The molecule has 34 heavy (non-hydrogen) atoms. The lowest BCUT2D eigenvalue weighted by Gasteiger charge is -2.55. The molecule has 4 amide bonds. The SMILES string of the molecule is CC1CN2c3c(cc4c(N5CCCCC5)noc4c3F)CC3(C(=O)NC(=O)NC3=O)C2C(C)O1. The van der Waals surface area contributed by atoms with Crippen LogP contribution in [0.4, 0.5) is 20.7 Å².